The Morgan fingerprint density at radius 1 is 0.400 bits per heavy atom. The fourth-order valence-corrected chi connectivity index (χ4v) is 25.4. The summed E-state index contributed by atoms with van der Waals surface area (Å²) in [6, 6.07) is 57.8. The number of rotatable bonds is 14. The van der Waals surface area contributed by atoms with E-state index >= 15 is 0 Å². The first kappa shape index (κ1) is 61.3. The molecule has 4 atom stereocenters. The number of hydrogen-bond donors (Lipinski definition) is 0. The minimum atomic E-state index is -2.16. The molecule has 396 valence electrons. The zero-order chi connectivity index (χ0) is 53.6. The molecule has 0 aliphatic heterocycles. The zero-order valence-corrected chi connectivity index (χ0v) is 56.1. The van der Waals surface area contributed by atoms with Gasteiger partial charge in [0.1, 0.15) is 16.1 Å². The van der Waals surface area contributed by atoms with E-state index in [0.29, 0.717) is 22.2 Å². The zero-order valence-electron chi connectivity index (χ0n) is 47.8. The molecular weight excluding hydrogens is 1100 g/mol. The van der Waals surface area contributed by atoms with Crippen LogP contribution in [-0.4, -0.2) is 70.2 Å². The van der Waals surface area contributed by atoms with Gasteiger partial charge in [-0.3, -0.25) is 0 Å². The molecule has 0 aromatic heterocycles. The van der Waals surface area contributed by atoms with Gasteiger partial charge >= 0.3 is 0 Å². The molecule has 0 fully saturated rings. The normalized spacial score (nSPS) is 17.6. The summed E-state index contributed by atoms with van der Waals surface area (Å²) in [6.45, 7) is 28.5. The minimum Gasteiger partial charge on any atom is -0.379 e. The van der Waals surface area contributed by atoms with Crippen molar-refractivity contribution in [1.82, 2.24) is 0 Å². The molecular formula is C66H86Cl2O2Si4Zr. The Hall–Kier alpha value is -2.95. The summed E-state index contributed by atoms with van der Waals surface area (Å²) in [4.78, 5) is 0. The molecule has 6 aromatic carbocycles. The van der Waals surface area contributed by atoms with Crippen LogP contribution >= 0.6 is 23.2 Å². The van der Waals surface area contributed by atoms with Crippen LogP contribution in [0.5, 0.6) is 0 Å². The maximum Gasteiger partial charge on any atom is 0.104 e. The first-order chi connectivity index (χ1) is 35.4. The van der Waals surface area contributed by atoms with Gasteiger partial charge in [-0.05, 0) is 121 Å². The van der Waals surface area contributed by atoms with Gasteiger partial charge in [0.25, 0.3) is 0 Å². The van der Waals surface area contributed by atoms with E-state index in [0.717, 1.165) is 12.5 Å². The summed E-state index contributed by atoms with van der Waals surface area (Å²) in [5.41, 5.74) is 22.6. The Morgan fingerprint density at radius 2 is 0.653 bits per heavy atom. The number of benzene rings is 6. The molecule has 75 heavy (non-hydrogen) atoms. The Bertz CT molecular complexity index is 2630. The molecule has 4 aliphatic rings. The van der Waals surface area contributed by atoms with E-state index in [1.807, 2.05) is 0 Å². The van der Waals surface area contributed by atoms with Gasteiger partial charge in [-0.25, -0.2) is 0 Å². The average molecular weight is 1190 g/mol. The Labute approximate surface area is 488 Å². The first-order valence-electron chi connectivity index (χ1n) is 27.4. The summed E-state index contributed by atoms with van der Waals surface area (Å²) in [5.74, 6) is 0. The van der Waals surface area contributed by atoms with Crippen LogP contribution in [0.3, 0.4) is 0 Å². The molecule has 4 aliphatic carbocycles. The van der Waals surface area contributed by atoms with Crippen molar-refractivity contribution in [1.29, 1.82) is 0 Å². The standard InChI is InChI=1S/2C32H40OSi2.2CH3Cl.Zr/c2*1-32(2,3)33-22-35(6,30-24(19-20-34(4)5)21-23-13-7-8-14-25(23)30)31-28-17-11-9-15-26(28)27-16-10-12-18-29(27)31;2*1-2;/h2*7-18,21,30-31,34H,19-20,22H2,1-6H3;2*1H3;. The molecule has 9 heteroatoms. The van der Waals surface area contributed by atoms with Gasteiger partial charge in [0.2, 0.25) is 0 Å². The van der Waals surface area contributed by atoms with Crippen LogP contribution in [0.1, 0.15) is 121 Å². The number of hydrogen-bond acceptors (Lipinski definition) is 2. The fraction of sp³-hybridized carbons (Fsp3) is 0.394. The van der Waals surface area contributed by atoms with Crippen molar-refractivity contribution in [2.24, 2.45) is 0 Å². The van der Waals surface area contributed by atoms with E-state index in [-0.39, 0.29) is 37.4 Å². The van der Waals surface area contributed by atoms with Crippen molar-refractivity contribution in [2.45, 2.75) is 139 Å². The van der Waals surface area contributed by atoms with Crippen LogP contribution in [-0.2, 0) is 35.7 Å². The largest absolute Gasteiger partial charge is 0.379 e. The fourth-order valence-electron chi connectivity index (χ4n) is 12.8. The third kappa shape index (κ3) is 13.4. The van der Waals surface area contributed by atoms with Crippen LogP contribution < -0.4 is 0 Å². The van der Waals surface area contributed by atoms with Crippen molar-refractivity contribution in [3.05, 3.63) is 201 Å². The summed E-state index contributed by atoms with van der Waals surface area (Å²) >= 11 is 9.28. The topological polar surface area (TPSA) is 18.5 Å². The second-order valence-corrected chi connectivity index (χ2v) is 40.1. The molecule has 0 spiro atoms. The maximum absolute atomic E-state index is 6.78. The van der Waals surface area contributed by atoms with E-state index in [1.165, 1.54) is 93.3 Å². The first-order valence-corrected chi connectivity index (χ1v) is 40.9. The maximum atomic E-state index is 6.78. The molecule has 6 aromatic rings. The smallest absolute Gasteiger partial charge is 0.104 e. The van der Waals surface area contributed by atoms with E-state index in [4.69, 9.17) is 9.47 Å². The Kier molecular flexibility index (Phi) is 21.5. The van der Waals surface area contributed by atoms with Crippen LogP contribution in [0.15, 0.2) is 157 Å². The van der Waals surface area contributed by atoms with Gasteiger partial charge in [-0.15, -0.1) is 23.2 Å². The van der Waals surface area contributed by atoms with E-state index in [9.17, 15) is 0 Å². The average Bonchev–Trinajstić information content (AvgIpc) is 4.15. The molecule has 0 N–H and O–H groups in total. The number of allylic oxidation sites excluding steroid dienone is 2. The van der Waals surface area contributed by atoms with Gasteiger partial charge in [0.15, 0.2) is 0 Å². The second-order valence-electron chi connectivity index (χ2n) is 24.5. The molecule has 0 saturated carbocycles. The monoisotopic (exact) mass is 1180 g/mol. The van der Waals surface area contributed by atoms with Gasteiger partial charge in [-0.1, -0.05) is 220 Å². The Balaban J connectivity index is 0.000000226. The predicted molar refractivity (Wildman–Crippen MR) is 337 cm³/mol. The minimum absolute atomic E-state index is 0. The van der Waals surface area contributed by atoms with Gasteiger partial charge < -0.3 is 9.47 Å². The summed E-state index contributed by atoms with van der Waals surface area (Å²) in [7, 11) is -5.60. The number of halogens is 2. The number of fused-ring (bicyclic) bond motifs is 8. The predicted octanol–water partition coefficient (Wildman–Crippen LogP) is 18.4. The third-order valence-electron chi connectivity index (χ3n) is 16.0. The van der Waals surface area contributed by atoms with Gasteiger partial charge in [0, 0.05) is 91.2 Å². The van der Waals surface area contributed by atoms with Gasteiger partial charge in [-0.2, -0.15) is 0 Å². The van der Waals surface area contributed by atoms with Crippen molar-refractivity contribution in [2.75, 3.05) is 25.2 Å². The van der Waals surface area contributed by atoms with Crippen molar-refractivity contribution < 1.29 is 35.7 Å². The third-order valence-corrected chi connectivity index (χ3v) is 28.3. The number of alkyl halides is 2. The second kappa shape index (κ2) is 26.3. The molecule has 0 heterocycles. The molecule has 0 radical (unpaired) electrons. The molecule has 0 amide bonds. The van der Waals surface area contributed by atoms with E-state index in [2.05, 4.69) is 262 Å². The van der Waals surface area contributed by atoms with Crippen LogP contribution in [0, 0.1) is 0 Å². The van der Waals surface area contributed by atoms with E-state index < -0.39 is 33.7 Å². The van der Waals surface area contributed by atoms with Gasteiger partial charge in [0.05, 0.1) is 11.2 Å². The molecule has 2 nitrogen and oxygen atoms in total. The SMILES string of the molecule is CCl.CCl.C[SiH](C)CCC1=Cc2ccccc2C1[Si](C)(COC(C)(C)C)C1c2ccccc2-c2ccccc21.C[SiH](C)CCC1=Cc2ccccc2C1[Si](C)(COC(C)(C)C)C1c2ccccc2-c2ccccc21.[Zr]. The van der Waals surface area contributed by atoms with Crippen LogP contribution in [0.25, 0.3) is 34.4 Å². The summed E-state index contributed by atoms with van der Waals surface area (Å²) < 4.78 is 13.6. The van der Waals surface area contributed by atoms with E-state index in [1.54, 1.807) is 22.3 Å². The molecule has 4 unspecified atom stereocenters. The van der Waals surface area contributed by atoms with Crippen molar-refractivity contribution in [3.63, 3.8) is 0 Å². The summed E-state index contributed by atoms with van der Waals surface area (Å²) in [6.07, 6.45) is 12.2. The van der Waals surface area contributed by atoms with Crippen LogP contribution in [0.4, 0.5) is 0 Å². The quantitative estimate of drug-likeness (QED) is 0.0799. The number of ether oxygens (including phenoxy) is 2. The Morgan fingerprint density at radius 3 is 0.920 bits per heavy atom. The molecule has 10 rings (SSSR count). The van der Waals surface area contributed by atoms with Crippen molar-refractivity contribution >= 4 is 69.1 Å². The summed E-state index contributed by atoms with van der Waals surface area (Å²) in [5, 5.41) is 0. The molecule has 0 bridgehead atoms. The van der Waals surface area contributed by atoms with Crippen molar-refractivity contribution in [3.8, 4) is 22.3 Å². The van der Waals surface area contributed by atoms with Crippen LogP contribution in [0.2, 0.25) is 51.4 Å². The molecule has 0 saturated heterocycles.